The van der Waals surface area contributed by atoms with Gasteiger partial charge in [-0.15, -0.1) is 0 Å². The Morgan fingerprint density at radius 1 is 1.41 bits per heavy atom. The van der Waals surface area contributed by atoms with E-state index in [1.807, 2.05) is 22.9 Å². The maximum atomic E-state index is 11.6. The number of nitrogens with one attached hydrogen (secondary N) is 1. The maximum absolute atomic E-state index is 11.6. The fourth-order valence-electron chi connectivity index (χ4n) is 2.10. The van der Waals surface area contributed by atoms with Crippen LogP contribution < -0.4 is 5.32 Å². The van der Waals surface area contributed by atoms with E-state index in [0.29, 0.717) is 11.7 Å². The van der Waals surface area contributed by atoms with E-state index in [1.54, 1.807) is 12.3 Å². The smallest absolute Gasteiger partial charge is 0.253 e. The Kier molecular flexibility index (Phi) is 2.37. The Balaban J connectivity index is 2.13. The third-order valence-electron chi connectivity index (χ3n) is 2.87. The summed E-state index contributed by atoms with van der Waals surface area (Å²) in [4.78, 5) is 15.6. The summed E-state index contributed by atoms with van der Waals surface area (Å²) in [6.45, 7) is 0.675. The first-order valence-electron chi connectivity index (χ1n) is 5.36. The second-order valence-corrected chi connectivity index (χ2v) is 4.28. The van der Waals surface area contributed by atoms with Crippen molar-refractivity contribution in [2.24, 2.45) is 0 Å². The Morgan fingerprint density at radius 3 is 3.12 bits per heavy atom. The van der Waals surface area contributed by atoms with Crippen LogP contribution in [0.25, 0.3) is 5.69 Å². The van der Waals surface area contributed by atoms with Crippen LogP contribution in [0, 0.1) is 0 Å². The van der Waals surface area contributed by atoms with Gasteiger partial charge in [0.05, 0.1) is 5.56 Å². The van der Waals surface area contributed by atoms with Gasteiger partial charge in [0.2, 0.25) is 0 Å². The second kappa shape index (κ2) is 3.89. The van der Waals surface area contributed by atoms with Crippen molar-refractivity contribution >= 4 is 17.5 Å². The molecule has 0 unspecified atom stereocenters. The summed E-state index contributed by atoms with van der Waals surface area (Å²) in [6, 6.07) is 5.49. The Hall–Kier alpha value is -1.81. The van der Waals surface area contributed by atoms with E-state index < -0.39 is 0 Å². The van der Waals surface area contributed by atoms with Crippen molar-refractivity contribution in [3.05, 3.63) is 47.0 Å². The van der Waals surface area contributed by atoms with Gasteiger partial charge in [-0.3, -0.25) is 4.79 Å². The molecule has 1 aliphatic rings. The number of hydrogen-bond donors (Lipinski definition) is 1. The van der Waals surface area contributed by atoms with Crippen molar-refractivity contribution in [3.63, 3.8) is 0 Å². The Morgan fingerprint density at radius 2 is 2.29 bits per heavy atom. The van der Waals surface area contributed by atoms with Crippen molar-refractivity contribution in [1.29, 1.82) is 0 Å². The van der Waals surface area contributed by atoms with E-state index in [2.05, 4.69) is 10.3 Å². The molecular formula is C12H10ClN3O. The SMILES string of the molecule is O=C1NCCc2c1ccn2-c1ccnc(Cl)c1. The predicted octanol–water partition coefficient (Wildman–Crippen LogP) is 1.81. The van der Waals surface area contributed by atoms with Gasteiger partial charge < -0.3 is 9.88 Å². The minimum Gasteiger partial charge on any atom is -0.352 e. The Bertz CT molecular complexity index is 591. The lowest BCUT2D eigenvalue weighted by Gasteiger charge is -2.16. The highest BCUT2D eigenvalue weighted by molar-refractivity contribution is 6.29. The first-order valence-corrected chi connectivity index (χ1v) is 5.74. The molecule has 1 N–H and O–H groups in total. The number of fused-ring (bicyclic) bond motifs is 1. The molecule has 1 aliphatic heterocycles. The number of aromatic nitrogens is 2. The van der Waals surface area contributed by atoms with Crippen molar-refractivity contribution in [2.45, 2.75) is 6.42 Å². The topological polar surface area (TPSA) is 46.9 Å². The van der Waals surface area contributed by atoms with Crippen molar-refractivity contribution in [2.75, 3.05) is 6.54 Å². The standard InChI is InChI=1S/C12H10ClN3O/c13-11-7-8(1-4-14-11)16-6-3-9-10(16)2-5-15-12(9)17/h1,3-4,6-7H,2,5H2,(H,15,17). The van der Waals surface area contributed by atoms with Gasteiger partial charge >= 0.3 is 0 Å². The van der Waals surface area contributed by atoms with Crippen LogP contribution in [0.4, 0.5) is 0 Å². The zero-order chi connectivity index (χ0) is 11.8. The zero-order valence-corrected chi connectivity index (χ0v) is 9.74. The predicted molar refractivity (Wildman–Crippen MR) is 64.6 cm³/mol. The first kappa shape index (κ1) is 10.4. The minimum atomic E-state index is -0.00912. The largest absolute Gasteiger partial charge is 0.352 e. The summed E-state index contributed by atoms with van der Waals surface area (Å²) < 4.78 is 1.99. The molecule has 3 rings (SSSR count). The highest BCUT2D eigenvalue weighted by Gasteiger charge is 2.20. The number of amides is 1. The van der Waals surface area contributed by atoms with E-state index in [-0.39, 0.29) is 5.91 Å². The number of rotatable bonds is 1. The number of hydrogen-bond acceptors (Lipinski definition) is 2. The molecule has 2 aromatic heterocycles. The molecule has 0 spiro atoms. The van der Waals surface area contributed by atoms with Crippen LogP contribution in [0.15, 0.2) is 30.6 Å². The van der Waals surface area contributed by atoms with Gasteiger partial charge in [-0.05, 0) is 18.2 Å². The van der Waals surface area contributed by atoms with Crippen molar-refractivity contribution in [3.8, 4) is 5.69 Å². The average Bonchev–Trinajstić information content (AvgIpc) is 2.74. The normalized spacial score (nSPS) is 14.3. The summed E-state index contributed by atoms with van der Waals surface area (Å²) in [6.07, 6.45) is 4.38. The molecule has 2 aromatic rings. The lowest BCUT2D eigenvalue weighted by molar-refractivity contribution is 0.0945. The molecular weight excluding hydrogens is 238 g/mol. The summed E-state index contributed by atoms with van der Waals surface area (Å²) in [5, 5.41) is 3.27. The third-order valence-corrected chi connectivity index (χ3v) is 3.08. The Labute approximate surface area is 103 Å². The zero-order valence-electron chi connectivity index (χ0n) is 8.98. The molecule has 0 aromatic carbocycles. The number of pyridine rings is 1. The minimum absolute atomic E-state index is 0.00912. The van der Waals surface area contributed by atoms with Gasteiger partial charge in [0.25, 0.3) is 5.91 Å². The molecule has 0 saturated carbocycles. The number of nitrogens with zero attached hydrogens (tertiary/aromatic N) is 2. The van der Waals surface area contributed by atoms with Gasteiger partial charge in [-0.25, -0.2) is 4.98 Å². The molecule has 86 valence electrons. The summed E-state index contributed by atoms with van der Waals surface area (Å²) in [5.74, 6) is -0.00912. The molecule has 0 atom stereocenters. The van der Waals surface area contributed by atoms with Crippen LogP contribution in [0.2, 0.25) is 5.15 Å². The van der Waals surface area contributed by atoms with Gasteiger partial charge in [0.1, 0.15) is 5.15 Å². The summed E-state index contributed by atoms with van der Waals surface area (Å²) in [7, 11) is 0. The second-order valence-electron chi connectivity index (χ2n) is 3.89. The van der Waals surface area contributed by atoms with Gasteiger partial charge in [0, 0.05) is 36.7 Å². The molecule has 5 heteroatoms. The van der Waals surface area contributed by atoms with E-state index in [1.165, 1.54) is 0 Å². The van der Waals surface area contributed by atoms with E-state index in [4.69, 9.17) is 11.6 Å². The molecule has 17 heavy (non-hydrogen) atoms. The molecule has 0 fully saturated rings. The van der Waals surface area contributed by atoms with Gasteiger partial charge in [-0.1, -0.05) is 11.6 Å². The van der Waals surface area contributed by atoms with Crippen molar-refractivity contribution < 1.29 is 4.79 Å². The fourth-order valence-corrected chi connectivity index (χ4v) is 2.27. The molecule has 0 radical (unpaired) electrons. The van der Waals surface area contributed by atoms with Crippen LogP contribution in [-0.2, 0) is 6.42 Å². The van der Waals surface area contributed by atoms with Crippen LogP contribution in [-0.4, -0.2) is 22.0 Å². The van der Waals surface area contributed by atoms with Gasteiger partial charge in [0.15, 0.2) is 0 Å². The highest BCUT2D eigenvalue weighted by Crippen LogP contribution is 2.21. The first-order chi connectivity index (χ1) is 8.25. The van der Waals surface area contributed by atoms with Crippen LogP contribution >= 0.6 is 11.6 Å². The maximum Gasteiger partial charge on any atom is 0.253 e. The highest BCUT2D eigenvalue weighted by atomic mass is 35.5. The molecule has 0 bridgehead atoms. The number of halogens is 1. The average molecular weight is 248 g/mol. The molecule has 1 amide bonds. The third kappa shape index (κ3) is 1.70. The van der Waals surface area contributed by atoms with Crippen LogP contribution in [0.1, 0.15) is 16.1 Å². The van der Waals surface area contributed by atoms with Crippen LogP contribution in [0.5, 0.6) is 0 Å². The van der Waals surface area contributed by atoms with E-state index >= 15 is 0 Å². The molecule has 0 saturated heterocycles. The lowest BCUT2D eigenvalue weighted by Crippen LogP contribution is -2.32. The summed E-state index contributed by atoms with van der Waals surface area (Å²) in [5.41, 5.74) is 2.70. The summed E-state index contributed by atoms with van der Waals surface area (Å²) >= 11 is 5.87. The van der Waals surface area contributed by atoms with Crippen molar-refractivity contribution in [1.82, 2.24) is 14.9 Å². The monoisotopic (exact) mass is 247 g/mol. The molecule has 4 nitrogen and oxygen atoms in total. The quantitative estimate of drug-likeness (QED) is 0.782. The fraction of sp³-hybridized carbons (Fsp3) is 0.167. The number of carbonyl (C=O) groups is 1. The molecule has 0 aliphatic carbocycles. The van der Waals surface area contributed by atoms with Crippen LogP contribution in [0.3, 0.4) is 0 Å². The van der Waals surface area contributed by atoms with E-state index in [0.717, 1.165) is 23.4 Å². The van der Waals surface area contributed by atoms with Gasteiger partial charge in [-0.2, -0.15) is 0 Å². The lowest BCUT2D eigenvalue weighted by atomic mass is 10.1. The number of carbonyl (C=O) groups excluding carboxylic acids is 1. The molecule has 3 heterocycles. The van der Waals surface area contributed by atoms with E-state index in [9.17, 15) is 4.79 Å².